The summed E-state index contributed by atoms with van der Waals surface area (Å²) in [6.45, 7) is 0. The van der Waals surface area contributed by atoms with E-state index in [0.717, 1.165) is 12.1 Å². The molecule has 2 rings (SSSR count). The number of imide groups is 1. The first kappa shape index (κ1) is 15.3. The molecule has 1 heterocycles. The first-order valence-electron chi connectivity index (χ1n) is 6.38. The highest BCUT2D eigenvalue weighted by atomic mass is 19.4. The average Bonchev–Trinajstić information content (AvgIpc) is 2.40. The highest BCUT2D eigenvalue weighted by Crippen LogP contribution is 2.33. The number of methoxy groups -OCH3 is 1. The van der Waals surface area contributed by atoms with Crippen LogP contribution in [0.25, 0.3) is 0 Å². The second-order valence-electron chi connectivity index (χ2n) is 4.92. The van der Waals surface area contributed by atoms with Gasteiger partial charge >= 0.3 is 6.18 Å². The van der Waals surface area contributed by atoms with Crippen molar-refractivity contribution in [2.24, 2.45) is 5.92 Å². The predicted octanol–water partition coefficient (Wildman–Crippen LogP) is 2.31. The van der Waals surface area contributed by atoms with Crippen LogP contribution in [0.4, 0.5) is 13.2 Å². The lowest BCUT2D eigenvalue weighted by Gasteiger charge is -2.21. The Bertz CT molecular complexity index is 569. The van der Waals surface area contributed by atoms with E-state index in [-0.39, 0.29) is 24.5 Å². The standard InChI is InChI=1S/C14H14F3NO3/c1-21-11-6-8(5-10(7-11)14(15,16)17)4-9-2-3-12(19)18-13(9)20/h5-7,9H,2-4H2,1H3,(H,18,19,20). The van der Waals surface area contributed by atoms with E-state index in [1.807, 2.05) is 0 Å². The summed E-state index contributed by atoms with van der Waals surface area (Å²) in [6.07, 6.45) is -3.80. The molecule has 1 unspecified atom stereocenters. The van der Waals surface area contributed by atoms with Crippen LogP contribution >= 0.6 is 0 Å². The van der Waals surface area contributed by atoms with Crippen molar-refractivity contribution < 1.29 is 27.5 Å². The summed E-state index contributed by atoms with van der Waals surface area (Å²) in [5.74, 6) is -1.21. The fourth-order valence-corrected chi connectivity index (χ4v) is 2.28. The van der Waals surface area contributed by atoms with Crippen LogP contribution in [0.15, 0.2) is 18.2 Å². The van der Waals surface area contributed by atoms with Gasteiger partial charge in [-0.25, -0.2) is 0 Å². The Labute approximate surface area is 119 Å². The summed E-state index contributed by atoms with van der Waals surface area (Å²) < 4.78 is 43.3. The number of rotatable bonds is 3. The first-order chi connectivity index (χ1) is 9.79. The second-order valence-corrected chi connectivity index (χ2v) is 4.92. The Morgan fingerprint density at radius 3 is 2.57 bits per heavy atom. The molecule has 0 aliphatic carbocycles. The van der Waals surface area contributed by atoms with E-state index in [9.17, 15) is 22.8 Å². The predicted molar refractivity (Wildman–Crippen MR) is 67.6 cm³/mol. The van der Waals surface area contributed by atoms with Gasteiger partial charge in [-0.3, -0.25) is 14.9 Å². The van der Waals surface area contributed by atoms with Gasteiger partial charge in [0.25, 0.3) is 0 Å². The van der Waals surface area contributed by atoms with Gasteiger partial charge in [0.15, 0.2) is 0 Å². The molecule has 1 aromatic rings. The zero-order chi connectivity index (χ0) is 15.6. The first-order valence-corrected chi connectivity index (χ1v) is 6.38. The van der Waals surface area contributed by atoms with Crippen LogP contribution in [-0.2, 0) is 22.2 Å². The lowest BCUT2D eigenvalue weighted by Crippen LogP contribution is -2.41. The number of benzene rings is 1. The Morgan fingerprint density at radius 2 is 2.00 bits per heavy atom. The SMILES string of the molecule is COc1cc(CC2CCC(=O)NC2=O)cc(C(F)(F)F)c1. The van der Waals surface area contributed by atoms with Crippen molar-refractivity contribution in [3.05, 3.63) is 29.3 Å². The monoisotopic (exact) mass is 301 g/mol. The average molecular weight is 301 g/mol. The summed E-state index contributed by atoms with van der Waals surface area (Å²) in [5, 5.41) is 2.19. The molecule has 7 heteroatoms. The fourth-order valence-electron chi connectivity index (χ4n) is 2.28. The molecule has 1 aliphatic heterocycles. The lowest BCUT2D eigenvalue weighted by molar-refractivity contribution is -0.138. The van der Waals surface area contributed by atoms with E-state index in [1.54, 1.807) is 0 Å². The molecule has 1 atom stereocenters. The third-order valence-electron chi connectivity index (χ3n) is 3.36. The van der Waals surface area contributed by atoms with E-state index < -0.39 is 23.6 Å². The van der Waals surface area contributed by atoms with Crippen LogP contribution in [-0.4, -0.2) is 18.9 Å². The van der Waals surface area contributed by atoms with Crippen molar-refractivity contribution in [1.82, 2.24) is 5.32 Å². The molecule has 21 heavy (non-hydrogen) atoms. The Hall–Kier alpha value is -2.05. The quantitative estimate of drug-likeness (QED) is 0.872. The summed E-state index contributed by atoms with van der Waals surface area (Å²) in [6, 6.07) is 3.39. The van der Waals surface area contributed by atoms with E-state index in [2.05, 4.69) is 5.32 Å². The van der Waals surface area contributed by atoms with Crippen molar-refractivity contribution in [3.63, 3.8) is 0 Å². The summed E-state index contributed by atoms with van der Waals surface area (Å²) in [7, 11) is 1.28. The van der Waals surface area contributed by atoms with Crippen molar-refractivity contribution in [1.29, 1.82) is 0 Å². The molecular weight excluding hydrogens is 287 g/mol. The van der Waals surface area contributed by atoms with Gasteiger partial charge in [0, 0.05) is 12.3 Å². The highest BCUT2D eigenvalue weighted by Gasteiger charge is 2.32. The van der Waals surface area contributed by atoms with Crippen molar-refractivity contribution in [2.45, 2.75) is 25.4 Å². The normalized spacial score (nSPS) is 19.3. The maximum absolute atomic E-state index is 12.8. The Kier molecular flexibility index (Phi) is 4.20. The number of carbonyl (C=O) groups excluding carboxylic acids is 2. The number of halogens is 3. The minimum Gasteiger partial charge on any atom is -0.497 e. The van der Waals surface area contributed by atoms with Crippen LogP contribution in [0.3, 0.4) is 0 Å². The zero-order valence-electron chi connectivity index (χ0n) is 11.3. The third kappa shape index (κ3) is 3.74. The highest BCUT2D eigenvalue weighted by molar-refractivity contribution is 5.98. The Morgan fingerprint density at radius 1 is 1.29 bits per heavy atom. The minimum atomic E-state index is -4.48. The van der Waals surface area contributed by atoms with E-state index in [1.165, 1.54) is 13.2 Å². The maximum atomic E-state index is 12.8. The molecule has 4 nitrogen and oxygen atoms in total. The van der Waals surface area contributed by atoms with Gasteiger partial charge < -0.3 is 4.74 Å². The number of piperidine rings is 1. The minimum absolute atomic E-state index is 0.0899. The van der Waals surface area contributed by atoms with Crippen LogP contribution in [0.5, 0.6) is 5.75 Å². The van der Waals surface area contributed by atoms with Crippen molar-refractivity contribution in [2.75, 3.05) is 7.11 Å². The van der Waals surface area contributed by atoms with Crippen molar-refractivity contribution in [3.8, 4) is 5.75 Å². The van der Waals surface area contributed by atoms with Gasteiger partial charge in [-0.05, 0) is 36.6 Å². The number of nitrogens with one attached hydrogen (secondary N) is 1. The van der Waals surface area contributed by atoms with Crippen LogP contribution < -0.4 is 10.1 Å². The molecule has 0 spiro atoms. The molecule has 2 amide bonds. The van der Waals surface area contributed by atoms with Gasteiger partial charge in [0.2, 0.25) is 11.8 Å². The van der Waals surface area contributed by atoms with Gasteiger partial charge in [0.1, 0.15) is 5.75 Å². The van der Waals surface area contributed by atoms with Gasteiger partial charge in [-0.2, -0.15) is 13.2 Å². The number of hydrogen-bond donors (Lipinski definition) is 1. The number of alkyl halides is 3. The molecule has 0 radical (unpaired) electrons. The third-order valence-corrected chi connectivity index (χ3v) is 3.36. The smallest absolute Gasteiger partial charge is 0.416 e. The number of ether oxygens (including phenoxy) is 1. The van der Waals surface area contributed by atoms with Gasteiger partial charge in [-0.15, -0.1) is 0 Å². The number of amides is 2. The van der Waals surface area contributed by atoms with E-state index in [0.29, 0.717) is 12.0 Å². The largest absolute Gasteiger partial charge is 0.497 e. The molecule has 114 valence electrons. The molecular formula is C14H14F3NO3. The maximum Gasteiger partial charge on any atom is 0.416 e. The number of hydrogen-bond acceptors (Lipinski definition) is 3. The zero-order valence-corrected chi connectivity index (χ0v) is 11.3. The number of carbonyl (C=O) groups is 2. The fraction of sp³-hybridized carbons (Fsp3) is 0.429. The molecule has 1 saturated heterocycles. The summed E-state index contributed by atoms with van der Waals surface area (Å²) >= 11 is 0. The molecule has 1 fully saturated rings. The van der Waals surface area contributed by atoms with Gasteiger partial charge in [0.05, 0.1) is 12.7 Å². The lowest BCUT2D eigenvalue weighted by atomic mass is 9.90. The van der Waals surface area contributed by atoms with Crippen LogP contribution in [0.2, 0.25) is 0 Å². The summed E-state index contributed by atoms with van der Waals surface area (Å²) in [4.78, 5) is 22.7. The van der Waals surface area contributed by atoms with Crippen LogP contribution in [0.1, 0.15) is 24.0 Å². The molecule has 0 aromatic heterocycles. The van der Waals surface area contributed by atoms with Crippen LogP contribution in [0, 0.1) is 5.92 Å². The topological polar surface area (TPSA) is 55.4 Å². The van der Waals surface area contributed by atoms with Crippen molar-refractivity contribution >= 4 is 11.8 Å². The van der Waals surface area contributed by atoms with E-state index in [4.69, 9.17) is 4.74 Å². The molecule has 1 aromatic carbocycles. The summed E-state index contributed by atoms with van der Waals surface area (Å²) in [5.41, 5.74) is -0.458. The molecule has 0 saturated carbocycles. The molecule has 1 aliphatic rings. The second kappa shape index (κ2) is 5.75. The van der Waals surface area contributed by atoms with Gasteiger partial charge in [-0.1, -0.05) is 0 Å². The molecule has 0 bridgehead atoms. The Balaban J connectivity index is 2.23. The molecule has 1 N–H and O–H groups in total. The van der Waals surface area contributed by atoms with E-state index >= 15 is 0 Å².